The van der Waals surface area contributed by atoms with Gasteiger partial charge in [0.2, 0.25) is 0 Å². The highest BCUT2D eigenvalue weighted by Gasteiger charge is 2.10. The van der Waals surface area contributed by atoms with Crippen LogP contribution < -0.4 is 10.1 Å². The van der Waals surface area contributed by atoms with E-state index in [9.17, 15) is 14.4 Å². The second-order valence-electron chi connectivity index (χ2n) is 5.90. The van der Waals surface area contributed by atoms with E-state index in [2.05, 4.69) is 15.7 Å². The van der Waals surface area contributed by atoms with Gasteiger partial charge in [0, 0.05) is 25.2 Å². The summed E-state index contributed by atoms with van der Waals surface area (Å²) in [6.07, 6.45) is 0. The second kappa shape index (κ2) is 9.81. The van der Waals surface area contributed by atoms with Crippen LogP contribution in [0, 0.1) is 0 Å². The number of carboxylic acids is 1. The van der Waals surface area contributed by atoms with E-state index in [1.54, 1.807) is 67.6 Å². The SMILES string of the molecule is CN(C)/N=N/c1ccc(C(=O)c2ccc(OCC(=O)NCC(=O)O)cc2)cc1. The molecule has 0 radical (unpaired) electrons. The number of ether oxygens (including phenoxy) is 1. The number of nitrogens with zero attached hydrogens (tertiary/aromatic N) is 3. The fourth-order valence-electron chi connectivity index (χ4n) is 2.06. The van der Waals surface area contributed by atoms with Gasteiger partial charge in [0.1, 0.15) is 12.3 Å². The zero-order chi connectivity index (χ0) is 20.5. The molecule has 9 nitrogen and oxygen atoms in total. The first-order chi connectivity index (χ1) is 13.3. The van der Waals surface area contributed by atoms with Crippen LogP contribution in [0.1, 0.15) is 15.9 Å². The lowest BCUT2D eigenvalue weighted by Crippen LogP contribution is -2.33. The summed E-state index contributed by atoms with van der Waals surface area (Å²) >= 11 is 0. The minimum absolute atomic E-state index is 0.165. The monoisotopic (exact) mass is 384 g/mol. The molecule has 0 fully saturated rings. The number of carboxylic acid groups (broad SMARTS) is 1. The van der Waals surface area contributed by atoms with Crippen LogP contribution in [0.15, 0.2) is 58.9 Å². The largest absolute Gasteiger partial charge is 0.484 e. The Hall–Kier alpha value is -3.75. The Morgan fingerprint density at radius 3 is 2.11 bits per heavy atom. The van der Waals surface area contributed by atoms with E-state index >= 15 is 0 Å². The number of amides is 1. The van der Waals surface area contributed by atoms with Crippen molar-refractivity contribution < 1.29 is 24.2 Å². The average molecular weight is 384 g/mol. The predicted octanol–water partition coefficient (Wildman–Crippen LogP) is 2.06. The molecule has 0 saturated heterocycles. The first-order valence-electron chi connectivity index (χ1n) is 8.30. The molecule has 0 bridgehead atoms. The summed E-state index contributed by atoms with van der Waals surface area (Å²) in [4.78, 5) is 34.3. The number of carbonyl (C=O) groups excluding carboxylic acids is 2. The molecule has 28 heavy (non-hydrogen) atoms. The van der Waals surface area contributed by atoms with Gasteiger partial charge in [-0.15, -0.1) is 5.11 Å². The molecular formula is C19H20N4O5. The van der Waals surface area contributed by atoms with Crippen molar-refractivity contribution in [3.8, 4) is 5.75 Å². The van der Waals surface area contributed by atoms with Crippen LogP contribution in [-0.4, -0.2) is 55.0 Å². The number of aliphatic carboxylic acids is 1. The van der Waals surface area contributed by atoms with E-state index in [0.29, 0.717) is 22.6 Å². The Kier molecular flexibility index (Phi) is 7.21. The van der Waals surface area contributed by atoms with Gasteiger partial charge in [0.15, 0.2) is 12.4 Å². The lowest BCUT2D eigenvalue weighted by atomic mass is 10.0. The fraction of sp³-hybridized carbons (Fsp3) is 0.211. The fourth-order valence-corrected chi connectivity index (χ4v) is 2.06. The standard InChI is InChI=1S/C19H20N4O5/c1-23(2)22-21-15-7-3-13(4-8-15)19(27)14-5-9-16(10-6-14)28-12-17(24)20-11-18(25)26/h3-10H,11-12H2,1-2H3,(H,20,24)(H,25,26)/b22-21+. The summed E-state index contributed by atoms with van der Waals surface area (Å²) in [6.45, 7) is -0.783. The highest BCUT2D eigenvalue weighted by molar-refractivity contribution is 6.09. The molecule has 0 spiro atoms. The molecule has 0 saturated carbocycles. The summed E-state index contributed by atoms with van der Waals surface area (Å²) < 4.78 is 5.26. The first kappa shape index (κ1) is 20.6. The average Bonchev–Trinajstić information content (AvgIpc) is 2.69. The Morgan fingerprint density at radius 1 is 1.00 bits per heavy atom. The van der Waals surface area contributed by atoms with Gasteiger partial charge in [-0.3, -0.25) is 19.4 Å². The van der Waals surface area contributed by atoms with Crippen LogP contribution in [0.3, 0.4) is 0 Å². The molecule has 2 aromatic rings. The molecule has 0 heterocycles. The van der Waals surface area contributed by atoms with E-state index in [1.165, 1.54) is 0 Å². The summed E-state index contributed by atoms with van der Waals surface area (Å²) in [7, 11) is 3.52. The van der Waals surface area contributed by atoms with Crippen molar-refractivity contribution >= 4 is 23.3 Å². The van der Waals surface area contributed by atoms with Gasteiger partial charge < -0.3 is 15.2 Å². The van der Waals surface area contributed by atoms with Gasteiger partial charge in [-0.1, -0.05) is 5.22 Å². The molecular weight excluding hydrogens is 364 g/mol. The van der Waals surface area contributed by atoms with Crippen molar-refractivity contribution in [1.29, 1.82) is 0 Å². The van der Waals surface area contributed by atoms with Gasteiger partial charge in [0.05, 0.1) is 5.69 Å². The van der Waals surface area contributed by atoms with E-state index in [0.717, 1.165) is 0 Å². The summed E-state index contributed by atoms with van der Waals surface area (Å²) in [6, 6.07) is 13.1. The molecule has 0 aromatic heterocycles. The molecule has 1 amide bonds. The van der Waals surface area contributed by atoms with Crippen LogP contribution in [0.4, 0.5) is 5.69 Å². The lowest BCUT2D eigenvalue weighted by molar-refractivity contribution is -0.138. The maximum Gasteiger partial charge on any atom is 0.322 e. The van der Waals surface area contributed by atoms with Crippen LogP contribution >= 0.6 is 0 Å². The topological polar surface area (TPSA) is 121 Å². The number of nitrogens with one attached hydrogen (secondary N) is 1. The number of hydrogen-bond acceptors (Lipinski definition) is 6. The molecule has 2 N–H and O–H groups in total. The number of hydrogen-bond donors (Lipinski definition) is 2. The van der Waals surface area contributed by atoms with Gasteiger partial charge in [0.25, 0.3) is 5.91 Å². The zero-order valence-electron chi connectivity index (χ0n) is 15.5. The molecule has 0 aliphatic heterocycles. The minimum Gasteiger partial charge on any atom is -0.484 e. The number of ketones is 1. The highest BCUT2D eigenvalue weighted by atomic mass is 16.5. The van der Waals surface area contributed by atoms with Crippen LogP contribution in [0.2, 0.25) is 0 Å². The molecule has 2 rings (SSSR count). The first-order valence-corrected chi connectivity index (χ1v) is 8.30. The van der Waals surface area contributed by atoms with Crippen molar-refractivity contribution in [2.75, 3.05) is 27.2 Å². The summed E-state index contributed by atoms with van der Waals surface area (Å²) in [5.74, 6) is -1.46. The molecule has 0 aliphatic rings. The number of benzene rings is 2. The minimum atomic E-state index is -1.13. The highest BCUT2D eigenvalue weighted by Crippen LogP contribution is 2.18. The smallest absolute Gasteiger partial charge is 0.322 e. The van der Waals surface area contributed by atoms with E-state index < -0.39 is 18.4 Å². The van der Waals surface area contributed by atoms with Crippen molar-refractivity contribution in [2.24, 2.45) is 10.3 Å². The van der Waals surface area contributed by atoms with Crippen LogP contribution in [0.25, 0.3) is 0 Å². The third kappa shape index (κ3) is 6.52. The van der Waals surface area contributed by atoms with Crippen molar-refractivity contribution in [3.63, 3.8) is 0 Å². The van der Waals surface area contributed by atoms with Crippen LogP contribution in [0.5, 0.6) is 5.75 Å². The maximum atomic E-state index is 12.5. The molecule has 0 atom stereocenters. The molecule has 9 heteroatoms. The third-order valence-corrected chi connectivity index (χ3v) is 3.39. The van der Waals surface area contributed by atoms with Gasteiger partial charge in [-0.2, -0.15) is 0 Å². The Balaban J connectivity index is 1.94. The van der Waals surface area contributed by atoms with Crippen molar-refractivity contribution in [2.45, 2.75) is 0 Å². The number of carbonyl (C=O) groups is 3. The lowest BCUT2D eigenvalue weighted by Gasteiger charge is -2.07. The molecule has 2 aromatic carbocycles. The third-order valence-electron chi connectivity index (χ3n) is 3.39. The van der Waals surface area contributed by atoms with Crippen LogP contribution in [-0.2, 0) is 9.59 Å². The van der Waals surface area contributed by atoms with E-state index in [4.69, 9.17) is 9.84 Å². The Bertz CT molecular complexity index is 861. The predicted molar refractivity (Wildman–Crippen MR) is 101 cm³/mol. The quantitative estimate of drug-likeness (QED) is 0.388. The maximum absolute atomic E-state index is 12.5. The van der Waals surface area contributed by atoms with Gasteiger partial charge in [-0.25, -0.2) is 0 Å². The zero-order valence-corrected chi connectivity index (χ0v) is 15.5. The normalized spacial score (nSPS) is 10.5. The van der Waals surface area contributed by atoms with E-state index in [1.807, 2.05) is 0 Å². The Labute approximate surface area is 161 Å². The molecule has 146 valence electrons. The molecule has 0 unspecified atom stereocenters. The van der Waals surface area contributed by atoms with E-state index in [-0.39, 0.29) is 12.4 Å². The van der Waals surface area contributed by atoms with Crippen molar-refractivity contribution in [1.82, 2.24) is 10.3 Å². The number of rotatable bonds is 9. The molecule has 0 aliphatic carbocycles. The second-order valence-corrected chi connectivity index (χ2v) is 5.90. The van der Waals surface area contributed by atoms with Crippen molar-refractivity contribution in [3.05, 3.63) is 59.7 Å². The van der Waals surface area contributed by atoms with Gasteiger partial charge >= 0.3 is 5.97 Å². The van der Waals surface area contributed by atoms with Gasteiger partial charge in [-0.05, 0) is 48.5 Å². The summed E-state index contributed by atoms with van der Waals surface area (Å²) in [5, 5.41) is 20.1. The Morgan fingerprint density at radius 2 is 1.57 bits per heavy atom. The summed E-state index contributed by atoms with van der Waals surface area (Å²) in [5.41, 5.74) is 1.60.